The van der Waals surface area contributed by atoms with E-state index >= 15 is 0 Å². The molecule has 29 heavy (non-hydrogen) atoms. The van der Waals surface area contributed by atoms with Crippen LogP contribution in [-0.2, 0) is 9.59 Å². The van der Waals surface area contributed by atoms with Gasteiger partial charge in [0.2, 0.25) is 11.8 Å². The number of nitrogens with zero attached hydrogens (tertiary/aromatic N) is 1. The molecule has 2 heterocycles. The number of halogens is 1. The third-order valence-corrected chi connectivity index (χ3v) is 4.66. The molecule has 1 unspecified atom stereocenters. The summed E-state index contributed by atoms with van der Waals surface area (Å²) >= 11 is 0. The number of carbonyl (C=O) groups excluding carboxylic acids is 2. The van der Waals surface area contributed by atoms with Crippen LogP contribution in [0.5, 0.6) is 0 Å². The van der Waals surface area contributed by atoms with Crippen molar-refractivity contribution in [3.05, 3.63) is 89.5 Å². The Morgan fingerprint density at radius 2 is 2.00 bits per heavy atom. The number of anilines is 2. The highest BCUT2D eigenvalue weighted by molar-refractivity contribution is 6.05. The lowest BCUT2D eigenvalue weighted by molar-refractivity contribution is -0.123. The van der Waals surface area contributed by atoms with Gasteiger partial charge in [0.05, 0.1) is 11.6 Å². The Morgan fingerprint density at radius 3 is 2.83 bits per heavy atom. The van der Waals surface area contributed by atoms with Gasteiger partial charge in [0.25, 0.3) is 0 Å². The molecule has 1 aliphatic rings. The molecule has 0 saturated carbocycles. The van der Waals surface area contributed by atoms with Crippen molar-refractivity contribution in [2.45, 2.75) is 12.3 Å². The van der Waals surface area contributed by atoms with Gasteiger partial charge in [-0.1, -0.05) is 30.3 Å². The number of amides is 2. The van der Waals surface area contributed by atoms with Crippen LogP contribution < -0.4 is 10.6 Å². The van der Waals surface area contributed by atoms with Gasteiger partial charge in [-0.3, -0.25) is 14.6 Å². The first-order valence-corrected chi connectivity index (χ1v) is 9.18. The molecule has 1 aromatic heterocycles. The summed E-state index contributed by atoms with van der Waals surface area (Å²) in [7, 11) is 0. The van der Waals surface area contributed by atoms with Gasteiger partial charge in [0, 0.05) is 24.0 Å². The fourth-order valence-electron chi connectivity index (χ4n) is 3.28. The molecule has 1 atom stereocenters. The Morgan fingerprint density at radius 1 is 1.10 bits per heavy atom. The third kappa shape index (κ3) is 4.38. The van der Waals surface area contributed by atoms with Crippen LogP contribution in [0.15, 0.2) is 66.9 Å². The lowest BCUT2D eigenvalue weighted by Crippen LogP contribution is -2.30. The van der Waals surface area contributed by atoms with E-state index in [9.17, 15) is 14.0 Å². The Bertz CT molecular complexity index is 1100. The quantitative estimate of drug-likeness (QED) is 0.695. The van der Waals surface area contributed by atoms with Crippen molar-refractivity contribution in [3.63, 3.8) is 0 Å². The summed E-state index contributed by atoms with van der Waals surface area (Å²) in [5.74, 6) is -1.75. The summed E-state index contributed by atoms with van der Waals surface area (Å²) in [6, 6.07) is 17.1. The van der Waals surface area contributed by atoms with Crippen LogP contribution in [0, 0.1) is 5.82 Å². The highest BCUT2D eigenvalue weighted by Crippen LogP contribution is 2.33. The molecule has 2 amide bonds. The van der Waals surface area contributed by atoms with E-state index in [1.54, 1.807) is 18.3 Å². The van der Waals surface area contributed by atoms with E-state index in [0.29, 0.717) is 16.9 Å². The van der Waals surface area contributed by atoms with E-state index in [1.165, 1.54) is 12.1 Å². The average Bonchev–Trinajstić information content (AvgIpc) is 2.72. The van der Waals surface area contributed by atoms with Crippen molar-refractivity contribution in [2.24, 2.45) is 0 Å². The summed E-state index contributed by atoms with van der Waals surface area (Å²) in [5.41, 5.74) is 3.30. The van der Waals surface area contributed by atoms with Crippen LogP contribution >= 0.6 is 0 Å². The Kier molecular flexibility index (Phi) is 5.16. The first-order valence-electron chi connectivity index (χ1n) is 9.18. The number of fused-ring (bicyclic) bond motifs is 1. The molecule has 0 spiro atoms. The Labute approximate surface area is 167 Å². The molecule has 144 valence electrons. The van der Waals surface area contributed by atoms with Crippen molar-refractivity contribution >= 4 is 35.3 Å². The zero-order valence-corrected chi connectivity index (χ0v) is 15.4. The first-order chi connectivity index (χ1) is 14.1. The van der Waals surface area contributed by atoms with Gasteiger partial charge in [0.1, 0.15) is 5.82 Å². The molecule has 4 rings (SSSR count). The van der Waals surface area contributed by atoms with E-state index in [2.05, 4.69) is 15.6 Å². The smallest absolute Gasteiger partial charge is 0.232 e. The second-order valence-electron chi connectivity index (χ2n) is 6.74. The summed E-state index contributed by atoms with van der Waals surface area (Å²) in [6.45, 7) is 0. The molecule has 0 radical (unpaired) electrons. The first kappa shape index (κ1) is 18.6. The van der Waals surface area contributed by atoms with Gasteiger partial charge in [-0.05, 0) is 53.6 Å². The molecule has 0 fully saturated rings. The van der Waals surface area contributed by atoms with E-state index in [1.807, 2.05) is 48.6 Å². The predicted octanol–water partition coefficient (Wildman–Crippen LogP) is 4.46. The monoisotopic (exact) mass is 387 g/mol. The van der Waals surface area contributed by atoms with Crippen LogP contribution in [-0.4, -0.2) is 16.8 Å². The molecule has 5 nitrogen and oxygen atoms in total. The minimum absolute atomic E-state index is 0.0176. The normalized spacial score (nSPS) is 15.6. The zero-order chi connectivity index (χ0) is 20.2. The van der Waals surface area contributed by atoms with E-state index in [0.717, 1.165) is 11.3 Å². The third-order valence-electron chi connectivity index (χ3n) is 4.66. The lowest BCUT2D eigenvalue weighted by atomic mass is 9.89. The van der Waals surface area contributed by atoms with Crippen molar-refractivity contribution in [2.75, 3.05) is 10.6 Å². The fraction of sp³-hybridized carbons (Fsp3) is 0.0870. The molecule has 0 aliphatic carbocycles. The summed E-state index contributed by atoms with van der Waals surface area (Å²) in [5, 5.41) is 5.48. The summed E-state index contributed by atoms with van der Waals surface area (Å²) < 4.78 is 13.5. The van der Waals surface area contributed by atoms with Crippen molar-refractivity contribution in [1.82, 2.24) is 4.98 Å². The van der Waals surface area contributed by atoms with E-state index < -0.39 is 11.7 Å². The molecule has 0 bridgehead atoms. The topological polar surface area (TPSA) is 71.1 Å². The van der Waals surface area contributed by atoms with Gasteiger partial charge < -0.3 is 10.6 Å². The van der Waals surface area contributed by atoms with Gasteiger partial charge in [-0.15, -0.1) is 0 Å². The number of nitrogens with one attached hydrogen (secondary N) is 2. The molecule has 1 aliphatic heterocycles. The molecule has 0 saturated heterocycles. The van der Waals surface area contributed by atoms with E-state index in [4.69, 9.17) is 0 Å². The number of aromatic nitrogens is 1. The standard InChI is InChI=1S/C23H18FN3O2/c24-16-8-10-19-20(14-22(28)27-21(19)13-16)23(29)26-18-6-3-4-15(12-18)7-9-17-5-1-2-11-25-17/h1-13,20H,14H2,(H,26,29)(H,27,28). The number of carbonyl (C=O) groups is 2. The second kappa shape index (κ2) is 8.06. The average molecular weight is 387 g/mol. The lowest BCUT2D eigenvalue weighted by Gasteiger charge is -2.25. The Hall–Kier alpha value is -3.80. The SMILES string of the molecule is O=C1CC(C(=O)Nc2cccc(C=Cc3ccccn3)c2)c2ccc(F)cc2N1. The highest BCUT2D eigenvalue weighted by Gasteiger charge is 2.31. The number of hydrogen-bond acceptors (Lipinski definition) is 3. The number of hydrogen-bond donors (Lipinski definition) is 2. The van der Waals surface area contributed by atoms with Crippen LogP contribution in [0.25, 0.3) is 12.2 Å². The molecule has 2 N–H and O–H groups in total. The van der Waals surface area contributed by atoms with Gasteiger partial charge in [-0.2, -0.15) is 0 Å². The largest absolute Gasteiger partial charge is 0.326 e. The van der Waals surface area contributed by atoms with Crippen LogP contribution in [0.1, 0.15) is 29.2 Å². The van der Waals surface area contributed by atoms with Crippen LogP contribution in [0.3, 0.4) is 0 Å². The summed E-state index contributed by atoms with van der Waals surface area (Å²) in [4.78, 5) is 29.0. The second-order valence-corrected chi connectivity index (χ2v) is 6.74. The van der Waals surface area contributed by atoms with Crippen molar-refractivity contribution in [1.29, 1.82) is 0 Å². The minimum Gasteiger partial charge on any atom is -0.326 e. The van der Waals surface area contributed by atoms with Gasteiger partial charge >= 0.3 is 0 Å². The number of rotatable bonds is 4. The maximum absolute atomic E-state index is 13.5. The molecule has 2 aromatic carbocycles. The van der Waals surface area contributed by atoms with Crippen molar-refractivity contribution in [3.8, 4) is 0 Å². The maximum Gasteiger partial charge on any atom is 0.232 e. The van der Waals surface area contributed by atoms with Gasteiger partial charge in [0.15, 0.2) is 0 Å². The maximum atomic E-state index is 13.5. The minimum atomic E-state index is -0.674. The van der Waals surface area contributed by atoms with Crippen molar-refractivity contribution < 1.29 is 14.0 Å². The van der Waals surface area contributed by atoms with E-state index in [-0.39, 0.29) is 18.2 Å². The predicted molar refractivity (Wildman–Crippen MR) is 111 cm³/mol. The molecular formula is C23H18FN3O2. The van der Waals surface area contributed by atoms with Gasteiger partial charge in [-0.25, -0.2) is 4.39 Å². The summed E-state index contributed by atoms with van der Waals surface area (Å²) in [6.07, 6.45) is 5.53. The highest BCUT2D eigenvalue weighted by atomic mass is 19.1. The molecule has 6 heteroatoms. The van der Waals surface area contributed by atoms with Crippen LogP contribution in [0.2, 0.25) is 0 Å². The zero-order valence-electron chi connectivity index (χ0n) is 15.4. The molecular weight excluding hydrogens is 369 g/mol. The fourth-order valence-corrected chi connectivity index (χ4v) is 3.28. The molecule has 3 aromatic rings. The number of pyridine rings is 1. The van der Waals surface area contributed by atoms with Crippen LogP contribution in [0.4, 0.5) is 15.8 Å². The number of benzene rings is 2. The Balaban J connectivity index is 1.52.